The second kappa shape index (κ2) is 4.52. The Bertz CT molecular complexity index is 276. The molecule has 5 nitrogen and oxygen atoms in total. The molecule has 1 atom stereocenters. The Kier molecular flexibility index (Phi) is 3.10. The van der Waals surface area contributed by atoms with E-state index in [9.17, 15) is 0 Å². The standard InChI is InChI=1S/C9H17N5/c1-2-10-5-8-7-14(13-12-8)9-3-4-11-6-9/h7,9-11H,2-6H2,1H3. The van der Waals surface area contributed by atoms with Gasteiger partial charge < -0.3 is 10.6 Å². The van der Waals surface area contributed by atoms with Crippen molar-refractivity contribution in [2.24, 2.45) is 0 Å². The van der Waals surface area contributed by atoms with Gasteiger partial charge in [-0.3, -0.25) is 0 Å². The number of hydrogen-bond donors (Lipinski definition) is 2. The molecule has 1 aromatic heterocycles. The molecule has 2 heterocycles. The van der Waals surface area contributed by atoms with Gasteiger partial charge in [0.1, 0.15) is 0 Å². The van der Waals surface area contributed by atoms with E-state index in [2.05, 4.69) is 27.9 Å². The molecule has 5 heteroatoms. The summed E-state index contributed by atoms with van der Waals surface area (Å²) in [5.74, 6) is 0. The van der Waals surface area contributed by atoms with Gasteiger partial charge in [-0.1, -0.05) is 12.1 Å². The summed E-state index contributed by atoms with van der Waals surface area (Å²) in [7, 11) is 0. The molecule has 2 N–H and O–H groups in total. The van der Waals surface area contributed by atoms with Crippen LogP contribution in [0.5, 0.6) is 0 Å². The largest absolute Gasteiger partial charge is 0.315 e. The van der Waals surface area contributed by atoms with Crippen LogP contribution >= 0.6 is 0 Å². The van der Waals surface area contributed by atoms with Crippen LogP contribution in [0.2, 0.25) is 0 Å². The van der Waals surface area contributed by atoms with Crippen LogP contribution in [-0.4, -0.2) is 34.6 Å². The summed E-state index contributed by atoms with van der Waals surface area (Å²) >= 11 is 0. The van der Waals surface area contributed by atoms with Crippen LogP contribution in [0.4, 0.5) is 0 Å². The molecule has 0 amide bonds. The quantitative estimate of drug-likeness (QED) is 0.705. The third-order valence-corrected chi connectivity index (χ3v) is 2.52. The van der Waals surface area contributed by atoms with Crippen LogP contribution in [-0.2, 0) is 6.54 Å². The monoisotopic (exact) mass is 195 g/mol. The molecule has 1 aromatic rings. The summed E-state index contributed by atoms with van der Waals surface area (Å²) in [4.78, 5) is 0. The first-order valence-electron chi connectivity index (χ1n) is 5.22. The molecule has 0 radical (unpaired) electrons. The van der Waals surface area contributed by atoms with Gasteiger partial charge in [0, 0.05) is 13.1 Å². The second-order valence-corrected chi connectivity index (χ2v) is 3.62. The van der Waals surface area contributed by atoms with Crippen LogP contribution in [0.1, 0.15) is 25.1 Å². The molecule has 1 aliphatic heterocycles. The molecule has 0 bridgehead atoms. The maximum atomic E-state index is 4.14. The molecule has 14 heavy (non-hydrogen) atoms. The molecule has 1 saturated heterocycles. The van der Waals surface area contributed by atoms with Gasteiger partial charge in [-0.2, -0.15) is 0 Å². The van der Waals surface area contributed by atoms with Gasteiger partial charge in [-0.15, -0.1) is 5.10 Å². The highest BCUT2D eigenvalue weighted by Gasteiger charge is 2.17. The third kappa shape index (κ3) is 2.10. The predicted octanol–water partition coefficient (Wildman–Crippen LogP) is -0.0780. The highest BCUT2D eigenvalue weighted by molar-refractivity contribution is 4.93. The molecule has 1 unspecified atom stereocenters. The minimum Gasteiger partial charge on any atom is -0.315 e. The van der Waals surface area contributed by atoms with Crippen molar-refractivity contribution in [2.45, 2.75) is 25.9 Å². The zero-order chi connectivity index (χ0) is 9.80. The van der Waals surface area contributed by atoms with Gasteiger partial charge in [-0.05, 0) is 19.5 Å². The molecule has 1 fully saturated rings. The average molecular weight is 195 g/mol. The molecule has 1 aliphatic rings. The van der Waals surface area contributed by atoms with Crippen molar-refractivity contribution in [3.8, 4) is 0 Å². The molecule has 78 valence electrons. The third-order valence-electron chi connectivity index (χ3n) is 2.52. The van der Waals surface area contributed by atoms with Crippen LogP contribution < -0.4 is 10.6 Å². The fourth-order valence-corrected chi connectivity index (χ4v) is 1.69. The number of nitrogens with one attached hydrogen (secondary N) is 2. The molecule has 0 spiro atoms. The number of rotatable bonds is 4. The smallest absolute Gasteiger partial charge is 0.0964 e. The van der Waals surface area contributed by atoms with Crippen molar-refractivity contribution in [3.05, 3.63) is 11.9 Å². The number of nitrogens with zero attached hydrogens (tertiary/aromatic N) is 3. The van der Waals surface area contributed by atoms with E-state index in [1.807, 2.05) is 10.9 Å². The zero-order valence-electron chi connectivity index (χ0n) is 8.53. The van der Waals surface area contributed by atoms with Gasteiger partial charge >= 0.3 is 0 Å². The Balaban J connectivity index is 1.94. The molecule has 0 aromatic carbocycles. The fraction of sp³-hybridized carbons (Fsp3) is 0.778. The lowest BCUT2D eigenvalue weighted by Gasteiger charge is -2.06. The number of hydrogen-bond acceptors (Lipinski definition) is 4. The fourth-order valence-electron chi connectivity index (χ4n) is 1.69. The Labute approximate surface area is 83.9 Å². The lowest BCUT2D eigenvalue weighted by molar-refractivity contribution is 0.476. The Morgan fingerprint density at radius 3 is 3.36 bits per heavy atom. The van der Waals surface area contributed by atoms with E-state index in [1.165, 1.54) is 0 Å². The second-order valence-electron chi connectivity index (χ2n) is 3.62. The van der Waals surface area contributed by atoms with E-state index >= 15 is 0 Å². The first kappa shape index (κ1) is 9.61. The first-order chi connectivity index (χ1) is 6.90. The molecule has 0 aliphatic carbocycles. The minimum absolute atomic E-state index is 0.498. The van der Waals surface area contributed by atoms with Crippen molar-refractivity contribution >= 4 is 0 Å². The summed E-state index contributed by atoms with van der Waals surface area (Å²) in [6, 6.07) is 0.498. The van der Waals surface area contributed by atoms with Crippen molar-refractivity contribution in [1.82, 2.24) is 25.6 Å². The molecule has 2 rings (SSSR count). The van der Waals surface area contributed by atoms with Crippen LogP contribution in [0.25, 0.3) is 0 Å². The van der Waals surface area contributed by atoms with Gasteiger partial charge in [0.15, 0.2) is 0 Å². The SMILES string of the molecule is CCNCc1cn(C2CCNC2)nn1. The predicted molar refractivity (Wildman–Crippen MR) is 53.9 cm³/mol. The zero-order valence-corrected chi connectivity index (χ0v) is 8.53. The normalized spacial score (nSPS) is 21.6. The van der Waals surface area contributed by atoms with Crippen LogP contribution in [0.3, 0.4) is 0 Å². The van der Waals surface area contributed by atoms with Gasteiger partial charge in [0.05, 0.1) is 17.9 Å². The topological polar surface area (TPSA) is 54.8 Å². The van der Waals surface area contributed by atoms with E-state index < -0.39 is 0 Å². The highest BCUT2D eigenvalue weighted by atomic mass is 15.4. The van der Waals surface area contributed by atoms with E-state index in [-0.39, 0.29) is 0 Å². The van der Waals surface area contributed by atoms with Crippen molar-refractivity contribution in [3.63, 3.8) is 0 Å². The van der Waals surface area contributed by atoms with E-state index in [1.54, 1.807) is 0 Å². The summed E-state index contributed by atoms with van der Waals surface area (Å²) in [6.07, 6.45) is 3.20. The van der Waals surface area contributed by atoms with Crippen LogP contribution in [0, 0.1) is 0 Å². The van der Waals surface area contributed by atoms with E-state index in [4.69, 9.17) is 0 Å². The minimum atomic E-state index is 0.498. The molecular weight excluding hydrogens is 178 g/mol. The average Bonchev–Trinajstić information content (AvgIpc) is 2.85. The Morgan fingerprint density at radius 2 is 2.64 bits per heavy atom. The van der Waals surface area contributed by atoms with Crippen molar-refractivity contribution < 1.29 is 0 Å². The van der Waals surface area contributed by atoms with Crippen molar-refractivity contribution in [2.75, 3.05) is 19.6 Å². The summed E-state index contributed by atoms with van der Waals surface area (Å²) in [6.45, 7) is 5.98. The summed E-state index contributed by atoms with van der Waals surface area (Å²) in [5, 5.41) is 14.8. The Morgan fingerprint density at radius 1 is 1.71 bits per heavy atom. The molecular formula is C9H17N5. The van der Waals surface area contributed by atoms with Gasteiger partial charge in [0.2, 0.25) is 0 Å². The first-order valence-corrected chi connectivity index (χ1v) is 5.22. The van der Waals surface area contributed by atoms with Gasteiger partial charge in [0.25, 0.3) is 0 Å². The van der Waals surface area contributed by atoms with E-state index in [0.717, 1.165) is 38.3 Å². The summed E-state index contributed by atoms with van der Waals surface area (Å²) < 4.78 is 1.98. The van der Waals surface area contributed by atoms with Gasteiger partial charge in [-0.25, -0.2) is 4.68 Å². The summed E-state index contributed by atoms with van der Waals surface area (Å²) in [5.41, 5.74) is 1.03. The maximum Gasteiger partial charge on any atom is 0.0964 e. The molecule has 0 saturated carbocycles. The Hall–Kier alpha value is -0.940. The lowest BCUT2D eigenvalue weighted by Crippen LogP contribution is -2.14. The highest BCUT2D eigenvalue weighted by Crippen LogP contribution is 2.13. The number of aromatic nitrogens is 3. The van der Waals surface area contributed by atoms with E-state index in [0.29, 0.717) is 6.04 Å². The maximum absolute atomic E-state index is 4.14. The van der Waals surface area contributed by atoms with Crippen LogP contribution in [0.15, 0.2) is 6.20 Å². The lowest BCUT2D eigenvalue weighted by atomic mass is 10.3. The van der Waals surface area contributed by atoms with Crippen molar-refractivity contribution in [1.29, 1.82) is 0 Å².